The third-order valence-electron chi connectivity index (χ3n) is 2.17. The first-order valence-electron chi connectivity index (χ1n) is 5.76. The van der Waals surface area contributed by atoms with Crippen molar-refractivity contribution >= 4 is 5.82 Å². The first kappa shape index (κ1) is 12.2. The van der Waals surface area contributed by atoms with E-state index in [1.165, 1.54) is 12.4 Å². The molecule has 0 spiro atoms. The van der Waals surface area contributed by atoms with Crippen LogP contribution >= 0.6 is 0 Å². The Labute approximate surface area is 106 Å². The van der Waals surface area contributed by atoms with E-state index in [2.05, 4.69) is 16.9 Å². The summed E-state index contributed by atoms with van der Waals surface area (Å²) in [7, 11) is 0. The molecular weight excluding hydrogens is 230 g/mol. The van der Waals surface area contributed by atoms with Gasteiger partial charge in [0.2, 0.25) is 5.88 Å². The number of nitrogens with zero attached hydrogens (tertiary/aromatic N) is 2. The summed E-state index contributed by atoms with van der Waals surface area (Å²) in [6.45, 7) is 2.78. The fourth-order valence-corrected chi connectivity index (χ4v) is 1.32. The lowest BCUT2D eigenvalue weighted by molar-refractivity contribution is 0.317. The highest BCUT2D eigenvalue weighted by molar-refractivity contribution is 5.34. The van der Waals surface area contributed by atoms with Gasteiger partial charge < -0.3 is 15.2 Å². The maximum atomic E-state index is 5.51. The van der Waals surface area contributed by atoms with Gasteiger partial charge in [-0.2, -0.15) is 0 Å². The topological polar surface area (TPSA) is 70.3 Å². The Hall–Kier alpha value is -2.30. The van der Waals surface area contributed by atoms with Gasteiger partial charge in [0.05, 0.1) is 19.0 Å². The molecule has 0 bridgehead atoms. The Morgan fingerprint density at radius 2 is 1.78 bits per heavy atom. The van der Waals surface area contributed by atoms with Crippen molar-refractivity contribution in [2.45, 2.75) is 13.3 Å². The number of anilines is 1. The van der Waals surface area contributed by atoms with Crippen molar-refractivity contribution < 1.29 is 9.47 Å². The molecule has 1 aromatic heterocycles. The lowest BCUT2D eigenvalue weighted by atomic mass is 10.3. The Balaban J connectivity index is 1.99. The van der Waals surface area contributed by atoms with Crippen molar-refractivity contribution in [3.63, 3.8) is 0 Å². The Morgan fingerprint density at radius 1 is 1.06 bits per heavy atom. The SMILES string of the molecule is CCCOc1ccc(Oc2cnc(N)cn2)cc1. The van der Waals surface area contributed by atoms with E-state index in [9.17, 15) is 0 Å². The van der Waals surface area contributed by atoms with Gasteiger partial charge >= 0.3 is 0 Å². The van der Waals surface area contributed by atoms with Gasteiger partial charge in [0, 0.05) is 0 Å². The highest BCUT2D eigenvalue weighted by Gasteiger charge is 2.00. The standard InChI is InChI=1S/C13H15N3O2/c1-2-7-17-10-3-5-11(6-4-10)18-13-9-15-12(14)8-16-13/h3-6,8-9H,2,7H2,1H3,(H2,14,15). The van der Waals surface area contributed by atoms with Crippen LogP contribution < -0.4 is 15.2 Å². The number of rotatable bonds is 5. The molecule has 0 unspecified atom stereocenters. The second-order valence-electron chi connectivity index (χ2n) is 3.70. The maximum absolute atomic E-state index is 5.51. The third kappa shape index (κ3) is 3.35. The molecule has 0 saturated heterocycles. The molecule has 0 aliphatic rings. The van der Waals surface area contributed by atoms with Gasteiger partial charge in [0.1, 0.15) is 17.3 Å². The minimum atomic E-state index is 0.366. The molecule has 0 saturated carbocycles. The van der Waals surface area contributed by atoms with E-state index >= 15 is 0 Å². The molecule has 0 aliphatic carbocycles. The van der Waals surface area contributed by atoms with E-state index in [4.69, 9.17) is 15.2 Å². The number of benzene rings is 1. The number of ether oxygens (including phenoxy) is 2. The molecule has 94 valence electrons. The van der Waals surface area contributed by atoms with Gasteiger partial charge in [-0.05, 0) is 30.7 Å². The Kier molecular flexibility index (Phi) is 3.96. The molecule has 0 fully saturated rings. The molecule has 1 aromatic carbocycles. The second-order valence-corrected chi connectivity index (χ2v) is 3.70. The van der Waals surface area contributed by atoms with Crippen molar-refractivity contribution in [1.82, 2.24) is 9.97 Å². The third-order valence-corrected chi connectivity index (χ3v) is 2.17. The zero-order valence-corrected chi connectivity index (χ0v) is 10.2. The van der Waals surface area contributed by atoms with Crippen LogP contribution in [0.4, 0.5) is 5.82 Å². The Bertz CT molecular complexity index is 483. The number of aromatic nitrogens is 2. The van der Waals surface area contributed by atoms with Gasteiger partial charge in [-0.3, -0.25) is 0 Å². The van der Waals surface area contributed by atoms with Crippen LogP contribution in [0.3, 0.4) is 0 Å². The molecule has 0 amide bonds. The van der Waals surface area contributed by atoms with Crippen LogP contribution in [-0.4, -0.2) is 16.6 Å². The molecule has 5 nitrogen and oxygen atoms in total. The fourth-order valence-electron chi connectivity index (χ4n) is 1.32. The van der Waals surface area contributed by atoms with Crippen molar-refractivity contribution in [2.24, 2.45) is 0 Å². The zero-order valence-electron chi connectivity index (χ0n) is 10.2. The minimum Gasteiger partial charge on any atom is -0.494 e. The highest BCUT2D eigenvalue weighted by Crippen LogP contribution is 2.22. The summed E-state index contributed by atoms with van der Waals surface area (Å²) in [5, 5.41) is 0. The van der Waals surface area contributed by atoms with Crippen molar-refractivity contribution in [3.05, 3.63) is 36.7 Å². The number of nitrogens with two attached hydrogens (primary N) is 1. The van der Waals surface area contributed by atoms with Crippen LogP contribution in [0.25, 0.3) is 0 Å². The van der Waals surface area contributed by atoms with Crippen molar-refractivity contribution in [2.75, 3.05) is 12.3 Å². The monoisotopic (exact) mass is 245 g/mol. The number of hydrogen-bond acceptors (Lipinski definition) is 5. The summed E-state index contributed by atoms with van der Waals surface area (Å²) in [5.74, 6) is 2.28. The largest absolute Gasteiger partial charge is 0.494 e. The molecule has 18 heavy (non-hydrogen) atoms. The predicted octanol–water partition coefficient (Wildman–Crippen LogP) is 2.64. The Morgan fingerprint density at radius 3 is 2.39 bits per heavy atom. The molecule has 5 heteroatoms. The van der Waals surface area contributed by atoms with Gasteiger partial charge in [-0.25, -0.2) is 9.97 Å². The number of hydrogen-bond donors (Lipinski definition) is 1. The van der Waals surface area contributed by atoms with Crippen LogP contribution in [0.5, 0.6) is 17.4 Å². The summed E-state index contributed by atoms with van der Waals surface area (Å²) < 4.78 is 11.0. The normalized spacial score (nSPS) is 10.1. The maximum Gasteiger partial charge on any atom is 0.237 e. The summed E-state index contributed by atoms with van der Waals surface area (Å²) >= 11 is 0. The summed E-state index contributed by atoms with van der Waals surface area (Å²) in [4.78, 5) is 7.90. The van der Waals surface area contributed by atoms with E-state index in [0.29, 0.717) is 24.1 Å². The van der Waals surface area contributed by atoms with E-state index in [-0.39, 0.29) is 0 Å². The van der Waals surface area contributed by atoms with E-state index in [1.54, 1.807) is 0 Å². The average molecular weight is 245 g/mol. The van der Waals surface area contributed by atoms with E-state index < -0.39 is 0 Å². The molecule has 2 aromatic rings. The lowest BCUT2D eigenvalue weighted by Gasteiger charge is -2.06. The lowest BCUT2D eigenvalue weighted by Crippen LogP contribution is -1.95. The van der Waals surface area contributed by atoms with Crippen LogP contribution in [-0.2, 0) is 0 Å². The molecule has 2 N–H and O–H groups in total. The van der Waals surface area contributed by atoms with Crippen LogP contribution in [0.1, 0.15) is 13.3 Å². The van der Waals surface area contributed by atoms with Crippen LogP contribution in [0.15, 0.2) is 36.7 Å². The van der Waals surface area contributed by atoms with E-state index in [1.807, 2.05) is 24.3 Å². The second kappa shape index (κ2) is 5.86. The highest BCUT2D eigenvalue weighted by atomic mass is 16.5. The fraction of sp³-hybridized carbons (Fsp3) is 0.231. The summed E-state index contributed by atoms with van der Waals surface area (Å²) in [6.07, 6.45) is 3.92. The van der Waals surface area contributed by atoms with E-state index in [0.717, 1.165) is 12.2 Å². The molecule has 1 heterocycles. The van der Waals surface area contributed by atoms with Crippen LogP contribution in [0.2, 0.25) is 0 Å². The zero-order chi connectivity index (χ0) is 12.8. The molecular formula is C13H15N3O2. The van der Waals surface area contributed by atoms with Gasteiger partial charge in [-0.1, -0.05) is 6.92 Å². The van der Waals surface area contributed by atoms with Gasteiger partial charge in [0.15, 0.2) is 0 Å². The first-order valence-corrected chi connectivity index (χ1v) is 5.76. The molecule has 2 rings (SSSR count). The summed E-state index contributed by atoms with van der Waals surface area (Å²) in [6, 6.07) is 7.36. The first-order chi connectivity index (χ1) is 8.78. The van der Waals surface area contributed by atoms with Crippen molar-refractivity contribution in [3.8, 4) is 17.4 Å². The molecule has 0 aliphatic heterocycles. The average Bonchev–Trinajstić information content (AvgIpc) is 2.41. The van der Waals surface area contributed by atoms with Gasteiger partial charge in [-0.15, -0.1) is 0 Å². The van der Waals surface area contributed by atoms with Gasteiger partial charge in [0.25, 0.3) is 0 Å². The molecule has 0 atom stereocenters. The minimum absolute atomic E-state index is 0.366. The quantitative estimate of drug-likeness (QED) is 0.876. The smallest absolute Gasteiger partial charge is 0.237 e. The predicted molar refractivity (Wildman–Crippen MR) is 68.7 cm³/mol. The number of nitrogen functional groups attached to an aromatic ring is 1. The van der Waals surface area contributed by atoms with Crippen LogP contribution in [0, 0.1) is 0 Å². The molecule has 0 radical (unpaired) electrons. The summed E-state index contributed by atoms with van der Waals surface area (Å²) in [5.41, 5.74) is 5.44. The van der Waals surface area contributed by atoms with Crippen molar-refractivity contribution in [1.29, 1.82) is 0 Å².